The molecule has 4 aliphatic rings. The van der Waals surface area contributed by atoms with Crippen molar-refractivity contribution < 1.29 is 28.5 Å². The van der Waals surface area contributed by atoms with E-state index in [0.29, 0.717) is 78.0 Å². The second-order valence-electron chi connectivity index (χ2n) is 14.7. The highest BCUT2D eigenvalue weighted by Gasteiger charge is 2.35. The number of amides is 2. The van der Waals surface area contributed by atoms with E-state index >= 15 is 0 Å². The Bertz CT molecular complexity index is 2640. The van der Waals surface area contributed by atoms with E-state index in [9.17, 15) is 9.59 Å². The maximum atomic E-state index is 13.9. The van der Waals surface area contributed by atoms with E-state index in [0.717, 1.165) is 44.1 Å². The van der Waals surface area contributed by atoms with Gasteiger partial charge in [-0.2, -0.15) is 0 Å². The number of benzene rings is 4. The predicted octanol–water partition coefficient (Wildman–Crippen LogP) is 8.59. The summed E-state index contributed by atoms with van der Waals surface area (Å²) in [6.07, 6.45) is 12.9. The van der Waals surface area contributed by atoms with Crippen LogP contribution in [0.4, 0.5) is 11.4 Å². The SMILES string of the molecule is COc1cc2c(cc1OCCCOc1cc3c(cc1OC)C(=O)N1C=C(c4ccc5ncccc5c4)C[C@H]1C=N3)N=C[C@@H]1CC(c3ccc4ncccc4c3)=CN1C2=O. The van der Waals surface area contributed by atoms with Gasteiger partial charge in [0.1, 0.15) is 0 Å². The van der Waals surface area contributed by atoms with Crippen molar-refractivity contribution in [1.29, 1.82) is 0 Å². The number of nitrogens with zero attached hydrogens (tertiary/aromatic N) is 6. The van der Waals surface area contributed by atoms with Crippen molar-refractivity contribution in [3.05, 3.63) is 132 Å². The molecule has 0 bridgehead atoms. The smallest absolute Gasteiger partial charge is 0.260 e. The van der Waals surface area contributed by atoms with Crippen molar-refractivity contribution in [1.82, 2.24) is 19.8 Å². The first-order valence-electron chi connectivity index (χ1n) is 19.5. The normalized spacial score (nSPS) is 17.8. The number of ether oxygens (including phenoxy) is 4. The fraction of sp³-hybridized carbons (Fsp3) is 0.191. The molecule has 0 unspecified atom stereocenters. The zero-order valence-electron chi connectivity index (χ0n) is 32.4. The molecule has 6 aromatic rings. The van der Waals surface area contributed by atoms with Gasteiger partial charge in [0.15, 0.2) is 23.0 Å². The van der Waals surface area contributed by atoms with Gasteiger partial charge in [0.2, 0.25) is 0 Å². The van der Waals surface area contributed by atoms with Crippen LogP contribution in [0.1, 0.15) is 51.1 Å². The Kier molecular flexibility index (Phi) is 9.08. The molecular formula is C47H38N6O6. The van der Waals surface area contributed by atoms with E-state index < -0.39 is 0 Å². The molecule has 0 spiro atoms. The molecule has 12 heteroatoms. The van der Waals surface area contributed by atoms with E-state index in [4.69, 9.17) is 28.9 Å². The minimum absolute atomic E-state index is 0.153. The number of aromatic nitrogens is 2. The van der Waals surface area contributed by atoms with Crippen LogP contribution in [0.15, 0.2) is 120 Å². The zero-order chi connectivity index (χ0) is 40.0. The van der Waals surface area contributed by atoms with Crippen LogP contribution >= 0.6 is 0 Å². The molecule has 12 nitrogen and oxygen atoms in total. The minimum atomic E-state index is -0.211. The highest BCUT2D eigenvalue weighted by Crippen LogP contribution is 2.42. The first-order chi connectivity index (χ1) is 28.9. The summed E-state index contributed by atoms with van der Waals surface area (Å²) < 4.78 is 23.7. The number of rotatable bonds is 10. The summed E-state index contributed by atoms with van der Waals surface area (Å²) in [6.45, 7) is 0.607. The fourth-order valence-corrected chi connectivity index (χ4v) is 8.12. The number of pyridine rings is 2. The fourth-order valence-electron chi connectivity index (χ4n) is 8.12. The lowest BCUT2D eigenvalue weighted by molar-refractivity contribution is 0.0809. The Morgan fingerprint density at radius 2 is 1.07 bits per heavy atom. The van der Waals surface area contributed by atoms with Crippen LogP contribution in [0.5, 0.6) is 23.0 Å². The summed E-state index contributed by atoms with van der Waals surface area (Å²) in [6, 6.07) is 26.7. The zero-order valence-corrected chi connectivity index (χ0v) is 32.4. The Morgan fingerprint density at radius 1 is 0.593 bits per heavy atom. The molecule has 0 N–H and O–H groups in total. The van der Waals surface area contributed by atoms with Gasteiger partial charge in [-0.05, 0) is 70.8 Å². The van der Waals surface area contributed by atoms with Crippen molar-refractivity contribution in [2.75, 3.05) is 27.4 Å². The molecule has 0 saturated heterocycles. The average Bonchev–Trinajstić information content (AvgIpc) is 3.86. The Morgan fingerprint density at radius 3 is 1.53 bits per heavy atom. The van der Waals surface area contributed by atoms with Gasteiger partial charge in [0, 0.05) is 79.4 Å². The van der Waals surface area contributed by atoms with Crippen molar-refractivity contribution in [2.24, 2.45) is 9.98 Å². The summed E-state index contributed by atoms with van der Waals surface area (Å²) in [4.78, 5) is 49.6. The van der Waals surface area contributed by atoms with Crippen molar-refractivity contribution >= 4 is 68.6 Å². The lowest BCUT2D eigenvalue weighted by atomic mass is 10.0. The number of hydrogen-bond acceptors (Lipinski definition) is 10. The molecule has 10 rings (SSSR count). The third-order valence-electron chi connectivity index (χ3n) is 11.2. The van der Waals surface area contributed by atoms with Crippen molar-refractivity contribution in [3.63, 3.8) is 0 Å². The first kappa shape index (κ1) is 36.0. The lowest BCUT2D eigenvalue weighted by Crippen LogP contribution is -2.32. The van der Waals surface area contributed by atoms with Crippen LogP contribution in [-0.2, 0) is 0 Å². The van der Waals surface area contributed by atoms with Gasteiger partial charge < -0.3 is 28.7 Å². The van der Waals surface area contributed by atoms with Gasteiger partial charge in [-0.3, -0.25) is 29.5 Å². The molecule has 0 radical (unpaired) electrons. The highest BCUT2D eigenvalue weighted by atomic mass is 16.5. The molecule has 2 amide bonds. The van der Waals surface area contributed by atoms with E-state index in [2.05, 4.69) is 22.1 Å². The molecule has 0 fully saturated rings. The molecule has 2 aromatic heterocycles. The number of hydrogen-bond donors (Lipinski definition) is 0. The summed E-state index contributed by atoms with van der Waals surface area (Å²) >= 11 is 0. The third kappa shape index (κ3) is 6.62. The average molecular weight is 783 g/mol. The standard InChI is InChI=1S/C47H38N6O6/c1-56-42-20-36-40(50-24-34-18-32(26-52(34)46(36)54)28-8-10-38-30(16-28)6-3-12-48-38)22-44(42)58-14-5-15-59-45-23-41-37(21-43(45)57-2)47(55)53-27-33(19-35(53)25-51-41)29-9-11-39-31(17-29)7-4-13-49-39/h3-4,6-13,16-17,20-27,34-35H,5,14-15,18-19H2,1-2H3/t34-,35-/m0/s1. The van der Waals surface area contributed by atoms with E-state index in [1.54, 1.807) is 60.7 Å². The van der Waals surface area contributed by atoms with Crippen LogP contribution in [0.25, 0.3) is 33.0 Å². The minimum Gasteiger partial charge on any atom is -0.493 e. The predicted molar refractivity (Wildman–Crippen MR) is 226 cm³/mol. The maximum absolute atomic E-state index is 13.9. The first-order valence-corrected chi connectivity index (χ1v) is 19.5. The number of methoxy groups -OCH3 is 2. The van der Waals surface area contributed by atoms with Gasteiger partial charge in [-0.15, -0.1) is 0 Å². The van der Waals surface area contributed by atoms with E-state index in [1.807, 2.05) is 73.4 Å². The topological polar surface area (TPSA) is 128 Å². The Labute approximate surface area is 339 Å². The van der Waals surface area contributed by atoms with Gasteiger partial charge in [0.25, 0.3) is 11.8 Å². The van der Waals surface area contributed by atoms with Crippen LogP contribution in [0.2, 0.25) is 0 Å². The van der Waals surface area contributed by atoms with Gasteiger partial charge in [-0.1, -0.05) is 24.3 Å². The molecule has 292 valence electrons. The quantitative estimate of drug-likeness (QED) is 0.127. The number of carbonyl (C=O) groups excluding carboxylic acids is 2. The number of carbonyl (C=O) groups is 2. The molecule has 2 atom stereocenters. The number of fused-ring (bicyclic) bond motifs is 6. The second-order valence-corrected chi connectivity index (χ2v) is 14.7. The molecule has 6 heterocycles. The Balaban J connectivity index is 0.791. The monoisotopic (exact) mass is 782 g/mol. The molecule has 4 aliphatic heterocycles. The third-order valence-corrected chi connectivity index (χ3v) is 11.2. The maximum Gasteiger partial charge on any atom is 0.260 e. The van der Waals surface area contributed by atoms with Crippen LogP contribution in [0.3, 0.4) is 0 Å². The summed E-state index contributed by atoms with van der Waals surface area (Å²) in [5.41, 5.74) is 8.00. The largest absolute Gasteiger partial charge is 0.493 e. The number of aliphatic imine (C=N–C) groups is 2. The van der Waals surface area contributed by atoms with Gasteiger partial charge in [0.05, 0.1) is 73.1 Å². The van der Waals surface area contributed by atoms with Crippen molar-refractivity contribution in [2.45, 2.75) is 31.3 Å². The van der Waals surface area contributed by atoms with Crippen LogP contribution in [-0.4, -0.2) is 83.5 Å². The summed E-state index contributed by atoms with van der Waals surface area (Å²) in [5.74, 6) is 1.52. The van der Waals surface area contributed by atoms with Gasteiger partial charge >= 0.3 is 0 Å². The summed E-state index contributed by atoms with van der Waals surface area (Å²) in [5, 5.41) is 2.10. The van der Waals surface area contributed by atoms with E-state index in [-0.39, 0.29) is 23.9 Å². The van der Waals surface area contributed by atoms with Gasteiger partial charge in [-0.25, -0.2) is 0 Å². The highest BCUT2D eigenvalue weighted by molar-refractivity contribution is 6.07. The molecule has 0 aliphatic carbocycles. The Hall–Kier alpha value is -7.34. The lowest BCUT2D eigenvalue weighted by Gasteiger charge is -2.19. The van der Waals surface area contributed by atoms with Crippen molar-refractivity contribution in [3.8, 4) is 23.0 Å². The van der Waals surface area contributed by atoms with Crippen LogP contribution in [0, 0.1) is 0 Å². The second kappa shape index (κ2) is 14.9. The van der Waals surface area contributed by atoms with Crippen LogP contribution < -0.4 is 18.9 Å². The molecule has 4 aromatic carbocycles. The molecule has 0 saturated carbocycles. The summed E-state index contributed by atoms with van der Waals surface area (Å²) in [7, 11) is 3.10. The molecule has 59 heavy (non-hydrogen) atoms. The van der Waals surface area contributed by atoms with E-state index in [1.165, 1.54) is 0 Å². The molecular weight excluding hydrogens is 745 g/mol.